The lowest BCUT2D eigenvalue weighted by Crippen LogP contribution is -2.37. The Balaban J connectivity index is 1.68. The molecule has 3 rings (SSSR count). The fourth-order valence-electron chi connectivity index (χ4n) is 2.55. The molecule has 0 radical (unpaired) electrons. The molecule has 31 heavy (non-hydrogen) atoms. The number of anilines is 2. The first-order chi connectivity index (χ1) is 14.4. The standard InChI is InChI=1S/C17H11F7N4O3/c18-9-5-7(1-2-8(9)14-27-15(31-28-14)17(22,23)24)6-26-11-10(12(29)13(11)30)25-4-3-16(19,20)21/h1-2,5,25-26H,3-4,6H2. The largest absolute Gasteiger partial charge is 0.471 e. The van der Waals surface area contributed by atoms with Gasteiger partial charge in [-0.3, -0.25) is 9.59 Å². The van der Waals surface area contributed by atoms with Gasteiger partial charge in [0.05, 0.1) is 12.0 Å². The van der Waals surface area contributed by atoms with E-state index in [0.717, 1.165) is 12.1 Å². The number of halogens is 7. The zero-order valence-electron chi connectivity index (χ0n) is 15.1. The fourth-order valence-corrected chi connectivity index (χ4v) is 2.55. The molecule has 0 saturated heterocycles. The van der Waals surface area contributed by atoms with Crippen molar-refractivity contribution in [1.82, 2.24) is 10.1 Å². The Morgan fingerprint density at radius 1 is 0.968 bits per heavy atom. The summed E-state index contributed by atoms with van der Waals surface area (Å²) < 4.78 is 92.4. The van der Waals surface area contributed by atoms with Crippen LogP contribution in [0.1, 0.15) is 17.9 Å². The molecule has 2 N–H and O–H groups in total. The van der Waals surface area contributed by atoms with Gasteiger partial charge in [-0.05, 0) is 17.7 Å². The van der Waals surface area contributed by atoms with Crippen LogP contribution in [0.5, 0.6) is 0 Å². The zero-order valence-corrected chi connectivity index (χ0v) is 15.1. The number of alkyl halides is 6. The van der Waals surface area contributed by atoms with Crippen molar-refractivity contribution in [2.45, 2.75) is 25.3 Å². The van der Waals surface area contributed by atoms with E-state index in [2.05, 4.69) is 25.3 Å². The van der Waals surface area contributed by atoms with Gasteiger partial charge in [0, 0.05) is 13.1 Å². The molecule has 1 heterocycles. The third-order valence-corrected chi connectivity index (χ3v) is 4.03. The van der Waals surface area contributed by atoms with Crippen LogP contribution in [0.2, 0.25) is 0 Å². The molecular formula is C17H11F7N4O3. The predicted molar refractivity (Wildman–Crippen MR) is 92.5 cm³/mol. The quantitative estimate of drug-likeness (QED) is 0.419. The van der Waals surface area contributed by atoms with E-state index in [4.69, 9.17) is 0 Å². The highest BCUT2D eigenvalue weighted by molar-refractivity contribution is 5.74. The lowest BCUT2D eigenvalue weighted by Gasteiger charge is -2.15. The second-order valence-electron chi connectivity index (χ2n) is 6.29. The summed E-state index contributed by atoms with van der Waals surface area (Å²) in [6, 6.07) is 3.30. The van der Waals surface area contributed by atoms with Gasteiger partial charge in [0.25, 0.3) is 10.9 Å². The van der Waals surface area contributed by atoms with E-state index in [0.29, 0.717) is 0 Å². The van der Waals surface area contributed by atoms with Gasteiger partial charge in [-0.2, -0.15) is 31.3 Å². The van der Waals surface area contributed by atoms with Gasteiger partial charge in [-0.1, -0.05) is 11.2 Å². The number of aromatic nitrogens is 2. The van der Waals surface area contributed by atoms with E-state index in [9.17, 15) is 40.3 Å². The summed E-state index contributed by atoms with van der Waals surface area (Å²) in [6.45, 7) is -0.812. The molecule has 0 amide bonds. The minimum atomic E-state index is -4.89. The Morgan fingerprint density at radius 2 is 1.61 bits per heavy atom. The fraction of sp³-hybridized carbons (Fsp3) is 0.294. The Kier molecular flexibility index (Phi) is 5.74. The summed E-state index contributed by atoms with van der Waals surface area (Å²) in [5.74, 6) is -3.25. The van der Waals surface area contributed by atoms with E-state index < -0.39 is 53.7 Å². The number of rotatable bonds is 7. The van der Waals surface area contributed by atoms with Gasteiger partial charge in [0.15, 0.2) is 0 Å². The Bertz CT molecular complexity index is 1160. The number of nitrogens with one attached hydrogen (secondary N) is 2. The molecule has 1 aromatic heterocycles. The lowest BCUT2D eigenvalue weighted by atomic mass is 10.1. The molecule has 7 nitrogen and oxygen atoms in total. The minimum absolute atomic E-state index is 0.198. The zero-order chi connectivity index (χ0) is 23.0. The van der Waals surface area contributed by atoms with Crippen molar-refractivity contribution in [2.24, 2.45) is 0 Å². The summed E-state index contributed by atoms with van der Waals surface area (Å²) in [5.41, 5.74) is -2.63. The number of hydrogen-bond acceptors (Lipinski definition) is 7. The van der Waals surface area contributed by atoms with E-state index in [1.54, 1.807) is 0 Å². The molecule has 0 bridgehead atoms. The van der Waals surface area contributed by atoms with Crippen molar-refractivity contribution in [1.29, 1.82) is 0 Å². The molecule has 14 heteroatoms. The number of nitrogens with zero attached hydrogens (tertiary/aromatic N) is 2. The maximum atomic E-state index is 14.3. The normalized spacial score (nSPS) is 12.4. The van der Waals surface area contributed by atoms with Crippen LogP contribution < -0.4 is 21.5 Å². The Morgan fingerprint density at radius 3 is 2.16 bits per heavy atom. The predicted octanol–water partition coefficient (Wildman–Crippen LogP) is 3.47. The average Bonchev–Trinajstić information content (AvgIpc) is 3.16. The van der Waals surface area contributed by atoms with Crippen LogP contribution in [0.3, 0.4) is 0 Å². The summed E-state index contributed by atoms with van der Waals surface area (Å²) in [7, 11) is 0. The third kappa shape index (κ3) is 5.00. The smallest absolute Gasteiger partial charge is 0.380 e. The van der Waals surface area contributed by atoms with Crippen LogP contribution in [-0.4, -0.2) is 22.9 Å². The van der Waals surface area contributed by atoms with E-state index in [1.165, 1.54) is 6.07 Å². The van der Waals surface area contributed by atoms with Gasteiger partial charge in [0.1, 0.15) is 17.2 Å². The summed E-state index contributed by atoms with van der Waals surface area (Å²) >= 11 is 0. The van der Waals surface area contributed by atoms with Crippen LogP contribution >= 0.6 is 0 Å². The average molecular weight is 452 g/mol. The minimum Gasteiger partial charge on any atom is -0.380 e. The van der Waals surface area contributed by atoms with E-state index >= 15 is 0 Å². The molecule has 0 atom stereocenters. The van der Waals surface area contributed by atoms with Gasteiger partial charge < -0.3 is 15.2 Å². The first-order valence-electron chi connectivity index (χ1n) is 8.44. The van der Waals surface area contributed by atoms with Crippen LogP contribution in [0.4, 0.5) is 42.1 Å². The Hall–Kier alpha value is -3.45. The summed E-state index contributed by atoms with van der Waals surface area (Å²) in [4.78, 5) is 26.2. The van der Waals surface area contributed by atoms with Crippen LogP contribution in [0, 0.1) is 5.82 Å². The van der Waals surface area contributed by atoms with Gasteiger partial charge in [-0.25, -0.2) is 4.39 Å². The molecule has 0 spiro atoms. The van der Waals surface area contributed by atoms with Gasteiger partial charge >= 0.3 is 18.2 Å². The van der Waals surface area contributed by atoms with Crippen molar-refractivity contribution in [3.05, 3.63) is 55.9 Å². The monoisotopic (exact) mass is 452 g/mol. The highest BCUT2D eigenvalue weighted by Gasteiger charge is 2.38. The van der Waals surface area contributed by atoms with E-state index in [-0.39, 0.29) is 29.0 Å². The maximum absolute atomic E-state index is 14.3. The van der Waals surface area contributed by atoms with Crippen molar-refractivity contribution >= 4 is 11.4 Å². The highest BCUT2D eigenvalue weighted by Crippen LogP contribution is 2.30. The second-order valence-corrected chi connectivity index (χ2v) is 6.29. The molecule has 0 aliphatic carbocycles. The second kappa shape index (κ2) is 8.00. The molecule has 0 unspecified atom stereocenters. The van der Waals surface area contributed by atoms with Crippen molar-refractivity contribution < 1.29 is 35.3 Å². The molecule has 2 aromatic carbocycles. The number of hydrogen-bond donors (Lipinski definition) is 2. The first-order valence-corrected chi connectivity index (χ1v) is 8.44. The van der Waals surface area contributed by atoms with Crippen LogP contribution in [0.25, 0.3) is 11.4 Å². The van der Waals surface area contributed by atoms with Crippen molar-refractivity contribution in [3.8, 4) is 11.4 Å². The molecule has 0 saturated carbocycles. The van der Waals surface area contributed by atoms with E-state index in [1.807, 2.05) is 0 Å². The van der Waals surface area contributed by atoms with Crippen molar-refractivity contribution in [3.63, 3.8) is 0 Å². The Labute approximate surface area is 167 Å². The summed E-state index contributed by atoms with van der Waals surface area (Å²) in [5, 5.41) is 7.83. The van der Waals surface area contributed by atoms with Crippen LogP contribution in [0.15, 0.2) is 32.3 Å². The van der Waals surface area contributed by atoms with Gasteiger partial charge in [0.2, 0.25) is 5.82 Å². The van der Waals surface area contributed by atoms with Crippen LogP contribution in [-0.2, 0) is 12.7 Å². The lowest BCUT2D eigenvalue weighted by molar-refractivity contribution is -0.159. The van der Waals surface area contributed by atoms with Crippen molar-refractivity contribution in [2.75, 3.05) is 17.2 Å². The highest BCUT2D eigenvalue weighted by atomic mass is 19.4. The SMILES string of the molecule is O=c1c(NCCC(F)(F)F)c(NCc2ccc(-c3noc(C(F)(F)F)n3)c(F)c2)c1=O. The number of benzene rings is 1. The topological polar surface area (TPSA) is 97.1 Å². The molecular weight excluding hydrogens is 441 g/mol. The third-order valence-electron chi connectivity index (χ3n) is 4.03. The molecule has 3 aromatic rings. The maximum Gasteiger partial charge on any atom is 0.471 e. The first kappa shape index (κ1) is 22.2. The van der Waals surface area contributed by atoms with Gasteiger partial charge in [-0.15, -0.1) is 0 Å². The molecule has 0 aliphatic heterocycles. The molecule has 166 valence electrons. The molecule has 0 aliphatic rings. The summed E-state index contributed by atoms with van der Waals surface area (Å²) in [6.07, 6.45) is -10.6. The molecule has 0 fully saturated rings.